The van der Waals surface area contributed by atoms with Crippen LogP contribution in [0.25, 0.3) is 0 Å². The monoisotopic (exact) mass is 478 g/mol. The summed E-state index contributed by atoms with van der Waals surface area (Å²) in [7, 11) is 0.275. The number of nitrogens with zero attached hydrogens (tertiary/aromatic N) is 1. The zero-order chi connectivity index (χ0) is 24.6. The van der Waals surface area contributed by atoms with Gasteiger partial charge >= 0.3 is 0 Å². The number of sulfonamides is 1. The number of carbonyl (C=O) groups excluding carboxylic acids is 3. The van der Waals surface area contributed by atoms with E-state index in [-0.39, 0.29) is 10.5 Å². The van der Waals surface area contributed by atoms with Crippen LogP contribution in [-0.4, -0.2) is 64.8 Å². The average molecular weight is 479 g/mol. The topological polar surface area (TPSA) is 143 Å². The number of benzene rings is 2. The number of aryl methyl sites for hydroxylation is 1. The number of hydrogen-bond donors (Lipinski definition) is 3. The molecular weight excluding hydrogens is 452 g/mol. The SMILES string of the molecule is COc1ccc(C(=O)NCC(=O)NNC(=O)CN(C)S(=O)(=O)c2ccc(C)cc2)cc1OC. The van der Waals surface area contributed by atoms with Crippen LogP contribution in [0.4, 0.5) is 0 Å². The number of amides is 3. The van der Waals surface area contributed by atoms with Gasteiger partial charge in [-0.15, -0.1) is 0 Å². The van der Waals surface area contributed by atoms with Crippen LogP contribution >= 0.6 is 0 Å². The second-order valence-electron chi connectivity index (χ2n) is 6.92. The van der Waals surface area contributed by atoms with Crippen LogP contribution in [0.15, 0.2) is 47.4 Å². The molecule has 0 radical (unpaired) electrons. The molecular formula is C21H26N4O7S. The Morgan fingerprint density at radius 2 is 1.52 bits per heavy atom. The van der Waals surface area contributed by atoms with Gasteiger partial charge in [0.25, 0.3) is 17.7 Å². The molecule has 3 amide bonds. The van der Waals surface area contributed by atoms with Gasteiger partial charge in [-0.3, -0.25) is 25.2 Å². The second-order valence-corrected chi connectivity index (χ2v) is 8.97. The summed E-state index contributed by atoms with van der Waals surface area (Å²) in [5.41, 5.74) is 5.37. The van der Waals surface area contributed by atoms with Crippen molar-refractivity contribution in [1.82, 2.24) is 20.5 Å². The molecule has 0 spiro atoms. The maximum atomic E-state index is 12.5. The fraction of sp³-hybridized carbons (Fsp3) is 0.286. The summed E-state index contributed by atoms with van der Waals surface area (Å²) in [4.78, 5) is 36.2. The van der Waals surface area contributed by atoms with E-state index < -0.39 is 40.8 Å². The predicted octanol–water partition coefficient (Wildman–Crippen LogP) is 0.210. The molecule has 2 aromatic carbocycles. The lowest BCUT2D eigenvalue weighted by atomic mass is 10.2. The second kappa shape index (κ2) is 11.3. The van der Waals surface area contributed by atoms with E-state index in [1.807, 2.05) is 6.92 Å². The number of methoxy groups -OCH3 is 2. The van der Waals surface area contributed by atoms with E-state index in [0.717, 1.165) is 9.87 Å². The number of hydrazine groups is 1. The minimum absolute atomic E-state index is 0.0466. The zero-order valence-electron chi connectivity index (χ0n) is 18.7. The van der Waals surface area contributed by atoms with Crippen LogP contribution in [0.1, 0.15) is 15.9 Å². The lowest BCUT2D eigenvalue weighted by Crippen LogP contribution is -2.49. The third-order valence-electron chi connectivity index (χ3n) is 4.49. The minimum Gasteiger partial charge on any atom is -0.493 e. The molecule has 12 heteroatoms. The quantitative estimate of drug-likeness (QED) is 0.437. The van der Waals surface area contributed by atoms with Gasteiger partial charge in [0, 0.05) is 12.6 Å². The molecule has 33 heavy (non-hydrogen) atoms. The highest BCUT2D eigenvalue weighted by Gasteiger charge is 2.23. The van der Waals surface area contributed by atoms with Crippen molar-refractivity contribution < 1.29 is 32.3 Å². The van der Waals surface area contributed by atoms with Gasteiger partial charge in [-0.05, 0) is 37.3 Å². The Balaban J connectivity index is 1.82. The number of carbonyl (C=O) groups is 3. The highest BCUT2D eigenvalue weighted by Crippen LogP contribution is 2.27. The smallest absolute Gasteiger partial charge is 0.257 e. The lowest BCUT2D eigenvalue weighted by Gasteiger charge is -2.17. The summed E-state index contributed by atoms with van der Waals surface area (Å²) in [6, 6.07) is 10.7. The molecule has 2 rings (SSSR count). The molecule has 0 saturated heterocycles. The molecule has 0 aliphatic carbocycles. The van der Waals surface area contributed by atoms with Crippen LogP contribution in [0.3, 0.4) is 0 Å². The van der Waals surface area contributed by atoms with Gasteiger partial charge in [-0.25, -0.2) is 8.42 Å². The Hall–Kier alpha value is -3.64. The molecule has 178 valence electrons. The molecule has 0 aromatic heterocycles. The van der Waals surface area contributed by atoms with Crippen molar-refractivity contribution in [1.29, 1.82) is 0 Å². The molecule has 0 bridgehead atoms. The maximum Gasteiger partial charge on any atom is 0.257 e. The first-order chi connectivity index (χ1) is 15.6. The van der Waals surface area contributed by atoms with Crippen molar-refractivity contribution in [3.8, 4) is 11.5 Å². The predicted molar refractivity (Wildman–Crippen MR) is 119 cm³/mol. The Morgan fingerprint density at radius 1 is 0.909 bits per heavy atom. The molecule has 0 saturated carbocycles. The molecule has 0 aliphatic heterocycles. The Labute approximate surface area is 192 Å². The van der Waals surface area contributed by atoms with Crippen molar-refractivity contribution in [3.05, 3.63) is 53.6 Å². The van der Waals surface area contributed by atoms with E-state index in [2.05, 4.69) is 16.2 Å². The highest BCUT2D eigenvalue weighted by molar-refractivity contribution is 7.89. The summed E-state index contributed by atoms with van der Waals surface area (Å²) in [5.74, 6) is -1.20. The number of likely N-dealkylation sites (N-methyl/N-ethyl adjacent to an activating group) is 1. The number of hydrogen-bond acceptors (Lipinski definition) is 7. The molecule has 11 nitrogen and oxygen atoms in total. The maximum absolute atomic E-state index is 12.5. The Morgan fingerprint density at radius 3 is 2.12 bits per heavy atom. The van der Waals surface area contributed by atoms with Crippen LogP contribution < -0.4 is 25.6 Å². The Bertz CT molecular complexity index is 1120. The number of nitrogens with one attached hydrogen (secondary N) is 3. The normalized spacial score (nSPS) is 10.9. The van der Waals surface area contributed by atoms with Crippen molar-refractivity contribution in [3.63, 3.8) is 0 Å². The van der Waals surface area contributed by atoms with Crippen molar-refractivity contribution in [2.45, 2.75) is 11.8 Å². The summed E-state index contributed by atoms with van der Waals surface area (Å²) in [6.45, 7) is 0.881. The number of ether oxygens (including phenoxy) is 2. The third-order valence-corrected chi connectivity index (χ3v) is 6.31. The van der Waals surface area contributed by atoms with Crippen molar-refractivity contribution >= 4 is 27.7 Å². The van der Waals surface area contributed by atoms with Gasteiger partial charge < -0.3 is 14.8 Å². The first-order valence-corrected chi connectivity index (χ1v) is 11.1. The number of rotatable bonds is 9. The first kappa shape index (κ1) is 25.6. The molecule has 0 aliphatic rings. The summed E-state index contributed by atoms with van der Waals surface area (Å²) >= 11 is 0. The molecule has 3 N–H and O–H groups in total. The zero-order valence-corrected chi connectivity index (χ0v) is 19.5. The first-order valence-electron chi connectivity index (χ1n) is 9.69. The fourth-order valence-electron chi connectivity index (χ4n) is 2.64. The molecule has 0 fully saturated rings. The highest BCUT2D eigenvalue weighted by atomic mass is 32.2. The summed E-state index contributed by atoms with van der Waals surface area (Å²) in [6.07, 6.45) is 0. The van der Waals surface area contributed by atoms with Gasteiger partial charge in [0.2, 0.25) is 10.0 Å². The lowest BCUT2D eigenvalue weighted by molar-refractivity contribution is -0.128. The average Bonchev–Trinajstić information content (AvgIpc) is 2.80. The fourth-order valence-corrected chi connectivity index (χ4v) is 3.77. The van der Waals surface area contributed by atoms with Gasteiger partial charge in [0.1, 0.15) is 0 Å². The van der Waals surface area contributed by atoms with Crippen LogP contribution in [-0.2, 0) is 19.6 Å². The third kappa shape index (κ3) is 6.92. The van der Waals surface area contributed by atoms with Gasteiger partial charge in [0.05, 0.1) is 32.2 Å². The van der Waals surface area contributed by atoms with Crippen LogP contribution in [0, 0.1) is 6.92 Å². The Kier molecular flexibility index (Phi) is 8.77. The van der Waals surface area contributed by atoms with E-state index in [4.69, 9.17) is 9.47 Å². The summed E-state index contributed by atoms with van der Waals surface area (Å²) < 4.78 is 36.1. The largest absolute Gasteiger partial charge is 0.493 e. The summed E-state index contributed by atoms with van der Waals surface area (Å²) in [5, 5.41) is 2.40. The van der Waals surface area contributed by atoms with Gasteiger partial charge in [-0.1, -0.05) is 17.7 Å². The van der Waals surface area contributed by atoms with Gasteiger partial charge in [-0.2, -0.15) is 4.31 Å². The van der Waals surface area contributed by atoms with E-state index in [1.165, 1.54) is 45.5 Å². The van der Waals surface area contributed by atoms with Crippen molar-refractivity contribution in [2.24, 2.45) is 0 Å². The molecule has 2 aromatic rings. The van der Waals surface area contributed by atoms with Gasteiger partial charge in [0.15, 0.2) is 11.5 Å². The standard InChI is InChI=1S/C21H26N4O7S/c1-14-5-8-16(9-6-14)33(29,30)25(2)13-20(27)24-23-19(26)12-22-21(28)15-7-10-17(31-3)18(11-15)32-4/h5-11H,12-13H2,1-4H3,(H,22,28)(H,23,26)(H,24,27). The van der Waals surface area contributed by atoms with Crippen molar-refractivity contribution in [2.75, 3.05) is 34.4 Å². The van der Waals surface area contributed by atoms with Crippen LogP contribution in [0.2, 0.25) is 0 Å². The van der Waals surface area contributed by atoms with E-state index in [0.29, 0.717) is 11.5 Å². The van der Waals surface area contributed by atoms with E-state index >= 15 is 0 Å². The minimum atomic E-state index is -3.87. The molecule has 0 atom stereocenters. The van der Waals surface area contributed by atoms with Crippen LogP contribution in [0.5, 0.6) is 11.5 Å². The van der Waals surface area contributed by atoms with E-state index in [1.54, 1.807) is 18.2 Å². The van der Waals surface area contributed by atoms with E-state index in [9.17, 15) is 22.8 Å². The molecule has 0 heterocycles. The molecule has 0 unspecified atom stereocenters.